The molecule has 1 heterocycles. The Bertz CT molecular complexity index is 454. The summed E-state index contributed by atoms with van der Waals surface area (Å²) < 4.78 is 58.4. The molecule has 1 rings (SSSR count). The fraction of sp³-hybridized carbons (Fsp3) is 0.286. The quantitative estimate of drug-likeness (QED) is 0.668. The third-order valence-corrected chi connectivity index (χ3v) is 1.05. The molecule has 1 aromatic rings. The molecule has 0 saturated carbocycles. The number of rotatable bonds is 1. The molecule has 48 valence electrons. The summed E-state index contributed by atoms with van der Waals surface area (Å²) >= 11 is 2.86. The van der Waals surface area contributed by atoms with Crippen LogP contribution in [0.1, 0.15) is 23.5 Å². The van der Waals surface area contributed by atoms with Crippen molar-refractivity contribution in [3.63, 3.8) is 0 Å². The first-order valence-electron chi connectivity index (χ1n) is 6.14. The van der Waals surface area contributed by atoms with Crippen molar-refractivity contribution in [3.05, 3.63) is 28.4 Å². The molecule has 0 aromatic carbocycles. The Labute approximate surface area is 74.5 Å². The summed E-state index contributed by atoms with van der Waals surface area (Å²) in [5.41, 5.74) is -0.712. The number of halogens is 1. The zero-order valence-electron chi connectivity index (χ0n) is 12.3. The number of hydrogen-bond donors (Lipinski definition) is 0. The monoisotopic (exact) mass is 193 g/mol. The summed E-state index contributed by atoms with van der Waals surface area (Å²) in [6.45, 7) is -3.01. The summed E-state index contributed by atoms with van der Waals surface area (Å²) in [6, 6.07) is -1.08. The minimum absolute atomic E-state index is 0.0624. The normalized spacial score (nSPS) is 25.4. The molecule has 0 spiro atoms. The Balaban J connectivity index is 3.54. The maximum atomic E-state index is 7.52. The molecule has 2 heteroatoms. The lowest BCUT2D eigenvalue weighted by atomic mass is 10.3. The molecule has 0 unspecified atom stereocenters. The minimum Gasteiger partial charge on any atom is -0.260 e. The maximum absolute atomic E-state index is 7.52. The van der Waals surface area contributed by atoms with Crippen molar-refractivity contribution in [2.45, 2.75) is 13.2 Å². The molecule has 0 atom stereocenters. The van der Waals surface area contributed by atoms with E-state index < -0.39 is 37.2 Å². The van der Waals surface area contributed by atoms with Gasteiger partial charge in [0.25, 0.3) is 0 Å². The number of aryl methyl sites for hydroxylation is 1. The molecule has 0 aliphatic carbocycles. The second kappa shape index (κ2) is 2.97. The lowest BCUT2D eigenvalue weighted by Gasteiger charge is -1.92. The van der Waals surface area contributed by atoms with E-state index in [2.05, 4.69) is 20.9 Å². The van der Waals surface area contributed by atoms with Crippen molar-refractivity contribution in [1.82, 2.24) is 4.98 Å². The molecule has 0 amide bonds. The minimum atomic E-state index is -3.01. The number of hydrogen-bond acceptors (Lipinski definition) is 1. The highest BCUT2D eigenvalue weighted by Gasteiger charge is 1.87. The zero-order chi connectivity index (χ0) is 13.6. The van der Waals surface area contributed by atoms with Gasteiger partial charge in [0.2, 0.25) is 0 Å². The van der Waals surface area contributed by atoms with Gasteiger partial charge in [0.1, 0.15) is 0 Å². The standard InChI is InChI=1S/C7H8BrN/c1-2-7-4-3-6(8)5-9-7/h3-5H,2H2,1H3/i1D3,2D2,3D,4D,5D. The van der Waals surface area contributed by atoms with Gasteiger partial charge in [-0.05, 0) is 34.4 Å². The van der Waals surface area contributed by atoms with E-state index in [1.807, 2.05) is 0 Å². The Morgan fingerprint density at radius 2 is 2.89 bits per heavy atom. The third kappa shape index (κ3) is 1.79. The van der Waals surface area contributed by atoms with E-state index in [9.17, 15) is 0 Å². The van der Waals surface area contributed by atoms with Gasteiger partial charge in [-0.15, -0.1) is 0 Å². The van der Waals surface area contributed by atoms with Crippen LogP contribution in [0.5, 0.6) is 0 Å². The molecule has 0 radical (unpaired) electrons. The van der Waals surface area contributed by atoms with E-state index in [-0.39, 0.29) is 4.47 Å². The van der Waals surface area contributed by atoms with Crippen LogP contribution in [0, 0.1) is 0 Å². The SMILES string of the molecule is [2H]c1nc(C([2H])([2H])C([2H])([2H])[2H])c([2H])c([2H])c1Br. The van der Waals surface area contributed by atoms with Crippen LogP contribution >= 0.6 is 15.9 Å². The largest absolute Gasteiger partial charge is 0.260 e. The summed E-state index contributed by atoms with van der Waals surface area (Å²) in [7, 11) is 0. The highest BCUT2D eigenvalue weighted by atomic mass is 79.9. The summed E-state index contributed by atoms with van der Waals surface area (Å²) in [4.78, 5) is 3.45. The molecular formula is C7H8BrN. The van der Waals surface area contributed by atoms with Crippen molar-refractivity contribution in [3.8, 4) is 0 Å². The third-order valence-electron chi connectivity index (χ3n) is 0.675. The molecule has 0 N–H and O–H groups in total. The van der Waals surface area contributed by atoms with Crippen LogP contribution in [0.2, 0.25) is 0 Å². The average Bonchev–Trinajstić information content (AvgIpc) is 2.18. The Hall–Kier alpha value is -0.370. The topological polar surface area (TPSA) is 12.9 Å². The maximum Gasteiger partial charge on any atom is 0.0852 e. The van der Waals surface area contributed by atoms with Gasteiger partial charge < -0.3 is 0 Å². The lowest BCUT2D eigenvalue weighted by molar-refractivity contribution is 1.03. The predicted octanol–water partition coefficient (Wildman–Crippen LogP) is 2.41. The summed E-state index contributed by atoms with van der Waals surface area (Å²) in [5, 5.41) is 0. The van der Waals surface area contributed by atoms with Gasteiger partial charge in [-0.1, -0.05) is 6.85 Å². The second-order valence-electron chi connectivity index (χ2n) is 1.26. The molecule has 0 bridgehead atoms. The fourth-order valence-corrected chi connectivity index (χ4v) is 0.522. The summed E-state index contributed by atoms with van der Waals surface area (Å²) in [6.07, 6.45) is -3.33. The van der Waals surface area contributed by atoms with Crippen LogP contribution in [0.3, 0.4) is 0 Å². The first-order valence-corrected chi connectivity index (χ1v) is 2.93. The van der Waals surface area contributed by atoms with E-state index in [1.54, 1.807) is 0 Å². The van der Waals surface area contributed by atoms with Crippen molar-refractivity contribution in [2.24, 2.45) is 0 Å². The van der Waals surface area contributed by atoms with Gasteiger partial charge in [0.05, 0.1) is 4.11 Å². The van der Waals surface area contributed by atoms with Crippen molar-refractivity contribution < 1.29 is 11.0 Å². The van der Waals surface area contributed by atoms with Crippen molar-refractivity contribution >= 4 is 15.9 Å². The second-order valence-corrected chi connectivity index (χ2v) is 2.05. The number of aromatic nitrogens is 1. The summed E-state index contributed by atoms with van der Waals surface area (Å²) in [5.74, 6) is 0. The molecule has 0 fully saturated rings. The first kappa shape index (κ1) is 1.82. The van der Waals surface area contributed by atoms with Crippen LogP contribution in [0.4, 0.5) is 0 Å². The molecular weight excluding hydrogens is 178 g/mol. The van der Waals surface area contributed by atoms with Crippen LogP contribution in [0.15, 0.2) is 22.7 Å². The van der Waals surface area contributed by atoms with Gasteiger partial charge in [-0.2, -0.15) is 0 Å². The Kier molecular flexibility index (Phi) is 0.599. The molecule has 1 nitrogen and oxygen atoms in total. The zero-order valence-corrected chi connectivity index (χ0v) is 5.91. The van der Waals surface area contributed by atoms with Gasteiger partial charge in [0.15, 0.2) is 0 Å². The smallest absolute Gasteiger partial charge is 0.0852 e. The van der Waals surface area contributed by atoms with Gasteiger partial charge in [-0.3, -0.25) is 4.98 Å². The molecule has 1 aromatic heterocycles. The molecule has 0 saturated heterocycles. The van der Waals surface area contributed by atoms with Crippen LogP contribution in [-0.4, -0.2) is 4.98 Å². The fourth-order valence-electron chi connectivity index (χ4n) is 0.334. The Morgan fingerprint density at radius 3 is 3.67 bits per heavy atom. The predicted molar refractivity (Wildman–Crippen MR) is 41.3 cm³/mol. The highest BCUT2D eigenvalue weighted by Crippen LogP contribution is 2.06. The van der Waals surface area contributed by atoms with Crippen LogP contribution in [0.25, 0.3) is 0 Å². The van der Waals surface area contributed by atoms with Gasteiger partial charge in [0, 0.05) is 23.2 Å². The number of pyridine rings is 1. The average molecular weight is 194 g/mol. The molecule has 0 aliphatic rings. The Morgan fingerprint density at radius 1 is 2.00 bits per heavy atom. The van der Waals surface area contributed by atoms with Crippen LogP contribution in [-0.2, 0) is 6.37 Å². The highest BCUT2D eigenvalue weighted by molar-refractivity contribution is 9.10. The van der Waals surface area contributed by atoms with Gasteiger partial charge in [-0.25, -0.2) is 0 Å². The van der Waals surface area contributed by atoms with Gasteiger partial charge >= 0.3 is 0 Å². The van der Waals surface area contributed by atoms with Crippen molar-refractivity contribution in [1.29, 1.82) is 0 Å². The van der Waals surface area contributed by atoms with E-state index in [0.29, 0.717) is 0 Å². The van der Waals surface area contributed by atoms with Crippen LogP contribution < -0.4 is 0 Å². The van der Waals surface area contributed by atoms with E-state index in [1.165, 1.54) is 0 Å². The number of nitrogens with zero attached hydrogens (tertiary/aromatic N) is 1. The van der Waals surface area contributed by atoms with E-state index in [4.69, 9.17) is 11.0 Å². The van der Waals surface area contributed by atoms with Crippen molar-refractivity contribution in [2.75, 3.05) is 0 Å². The van der Waals surface area contributed by atoms with E-state index in [0.717, 1.165) is 0 Å². The molecule has 9 heavy (non-hydrogen) atoms. The first-order chi connectivity index (χ1) is 7.50. The lowest BCUT2D eigenvalue weighted by Crippen LogP contribution is -1.83. The molecule has 0 aliphatic heterocycles. The van der Waals surface area contributed by atoms with E-state index >= 15 is 0 Å².